The molecule has 1 atom stereocenters. The molecule has 0 unspecified atom stereocenters. The van der Waals surface area contributed by atoms with E-state index in [1.165, 1.54) is 44.9 Å². The molecule has 1 nitrogen and oxygen atoms in total. The second-order valence-electron chi connectivity index (χ2n) is 4.46. The minimum Gasteiger partial charge on any atom is -0.393 e. The van der Waals surface area contributed by atoms with Crippen molar-refractivity contribution >= 4 is 0 Å². The summed E-state index contributed by atoms with van der Waals surface area (Å²) in [6, 6.07) is 0. The average molecular weight is 184 g/mol. The van der Waals surface area contributed by atoms with Crippen LogP contribution in [0.2, 0.25) is 0 Å². The van der Waals surface area contributed by atoms with Gasteiger partial charge in [-0.05, 0) is 25.2 Å². The minimum atomic E-state index is -0.0110. The van der Waals surface area contributed by atoms with Crippen molar-refractivity contribution in [2.24, 2.45) is 5.92 Å². The van der Waals surface area contributed by atoms with Crippen LogP contribution in [0.1, 0.15) is 64.7 Å². The van der Waals surface area contributed by atoms with E-state index in [4.69, 9.17) is 0 Å². The number of hydrogen-bond acceptors (Lipinski definition) is 1. The molecule has 0 heterocycles. The molecule has 0 saturated heterocycles. The van der Waals surface area contributed by atoms with Crippen molar-refractivity contribution in [1.29, 1.82) is 0 Å². The van der Waals surface area contributed by atoms with Crippen LogP contribution in [0.3, 0.4) is 0 Å². The predicted octanol–water partition coefficient (Wildman–Crippen LogP) is 3.51. The van der Waals surface area contributed by atoms with E-state index in [0.29, 0.717) is 5.92 Å². The molecule has 78 valence electrons. The van der Waals surface area contributed by atoms with Gasteiger partial charge in [0.1, 0.15) is 0 Å². The third kappa shape index (κ3) is 4.12. The van der Waals surface area contributed by atoms with Gasteiger partial charge < -0.3 is 5.11 Å². The van der Waals surface area contributed by atoms with Crippen LogP contribution in [0, 0.1) is 5.92 Å². The Morgan fingerprint density at radius 2 is 1.62 bits per heavy atom. The zero-order valence-electron chi connectivity index (χ0n) is 8.97. The maximum atomic E-state index is 9.89. The van der Waals surface area contributed by atoms with Gasteiger partial charge in [-0.1, -0.05) is 45.4 Å². The molecule has 0 aromatic carbocycles. The molecule has 0 bridgehead atoms. The Morgan fingerprint density at radius 3 is 2.15 bits per heavy atom. The van der Waals surface area contributed by atoms with E-state index in [1.807, 2.05) is 0 Å². The zero-order valence-corrected chi connectivity index (χ0v) is 8.97. The normalized spacial score (nSPS) is 23.5. The van der Waals surface area contributed by atoms with Crippen molar-refractivity contribution in [1.82, 2.24) is 0 Å². The molecule has 0 aromatic heterocycles. The summed E-state index contributed by atoms with van der Waals surface area (Å²) < 4.78 is 0. The van der Waals surface area contributed by atoms with Gasteiger partial charge in [0.05, 0.1) is 6.10 Å². The number of aliphatic hydroxyl groups excluding tert-OH is 1. The van der Waals surface area contributed by atoms with Crippen LogP contribution in [0.5, 0.6) is 0 Å². The molecule has 1 aliphatic rings. The lowest BCUT2D eigenvalue weighted by molar-refractivity contribution is 0.0826. The molecule has 1 heteroatoms. The molecular weight excluding hydrogens is 160 g/mol. The van der Waals surface area contributed by atoms with Crippen molar-refractivity contribution in [3.05, 3.63) is 0 Å². The minimum absolute atomic E-state index is 0.0110. The van der Waals surface area contributed by atoms with Gasteiger partial charge in [-0.2, -0.15) is 0 Å². The van der Waals surface area contributed by atoms with Gasteiger partial charge in [-0.15, -0.1) is 0 Å². The highest BCUT2D eigenvalue weighted by molar-refractivity contribution is 4.70. The topological polar surface area (TPSA) is 20.2 Å². The molecule has 0 aliphatic heterocycles. The Labute approximate surface area is 82.5 Å². The summed E-state index contributed by atoms with van der Waals surface area (Å²) in [7, 11) is 0. The van der Waals surface area contributed by atoms with Crippen molar-refractivity contribution in [2.45, 2.75) is 70.8 Å². The lowest BCUT2D eigenvalue weighted by atomic mass is 9.86. The van der Waals surface area contributed by atoms with Gasteiger partial charge >= 0.3 is 0 Å². The van der Waals surface area contributed by atoms with Crippen LogP contribution in [0.4, 0.5) is 0 Å². The molecular formula is C12H24O. The monoisotopic (exact) mass is 184 g/mol. The number of hydrogen-bond donors (Lipinski definition) is 1. The molecule has 1 aliphatic carbocycles. The van der Waals surface area contributed by atoms with Gasteiger partial charge in [0.25, 0.3) is 0 Å². The van der Waals surface area contributed by atoms with Crippen LogP contribution >= 0.6 is 0 Å². The Balaban J connectivity index is 2.27. The second-order valence-corrected chi connectivity index (χ2v) is 4.46. The van der Waals surface area contributed by atoms with Crippen molar-refractivity contribution in [3.63, 3.8) is 0 Å². The maximum absolute atomic E-state index is 9.89. The summed E-state index contributed by atoms with van der Waals surface area (Å²) in [6.45, 7) is 2.16. The molecule has 1 fully saturated rings. The second kappa shape index (κ2) is 6.42. The first kappa shape index (κ1) is 11.0. The van der Waals surface area contributed by atoms with E-state index in [1.54, 1.807) is 0 Å². The molecule has 0 amide bonds. The van der Waals surface area contributed by atoms with Crippen molar-refractivity contribution in [3.8, 4) is 0 Å². The highest BCUT2D eigenvalue weighted by Gasteiger charge is 2.18. The van der Waals surface area contributed by atoms with E-state index < -0.39 is 0 Å². The quantitative estimate of drug-likeness (QED) is 0.711. The summed E-state index contributed by atoms with van der Waals surface area (Å²) in [6.07, 6.45) is 11.5. The van der Waals surface area contributed by atoms with Gasteiger partial charge in [0.15, 0.2) is 0 Å². The van der Waals surface area contributed by atoms with Crippen LogP contribution < -0.4 is 0 Å². The van der Waals surface area contributed by atoms with Crippen LogP contribution in [0.25, 0.3) is 0 Å². The van der Waals surface area contributed by atoms with Crippen molar-refractivity contribution < 1.29 is 5.11 Å². The summed E-state index contributed by atoms with van der Waals surface area (Å²) >= 11 is 0. The summed E-state index contributed by atoms with van der Waals surface area (Å²) in [5.74, 6) is 0.611. The average Bonchev–Trinajstić information content (AvgIpc) is 2.03. The van der Waals surface area contributed by atoms with Crippen molar-refractivity contribution in [2.75, 3.05) is 0 Å². The van der Waals surface area contributed by atoms with E-state index in [0.717, 1.165) is 12.8 Å². The Hall–Kier alpha value is -0.0400. The van der Waals surface area contributed by atoms with E-state index >= 15 is 0 Å². The molecule has 0 spiro atoms. The molecule has 0 radical (unpaired) electrons. The van der Waals surface area contributed by atoms with Gasteiger partial charge in [-0.25, -0.2) is 0 Å². The van der Waals surface area contributed by atoms with Gasteiger partial charge in [0.2, 0.25) is 0 Å². The maximum Gasteiger partial charge on any atom is 0.0568 e. The molecule has 13 heavy (non-hydrogen) atoms. The summed E-state index contributed by atoms with van der Waals surface area (Å²) in [5.41, 5.74) is 0. The largest absolute Gasteiger partial charge is 0.393 e. The van der Waals surface area contributed by atoms with Crippen LogP contribution in [-0.2, 0) is 0 Å². The molecule has 1 saturated carbocycles. The zero-order chi connectivity index (χ0) is 9.52. The third-order valence-electron chi connectivity index (χ3n) is 3.28. The Morgan fingerprint density at radius 1 is 1.08 bits per heavy atom. The molecule has 1 rings (SSSR count). The Kier molecular flexibility index (Phi) is 5.45. The SMILES string of the molecule is CCC[C@@H](O)C1CCCCCCC1. The lowest BCUT2D eigenvalue weighted by Gasteiger charge is -2.24. The highest BCUT2D eigenvalue weighted by Crippen LogP contribution is 2.26. The fraction of sp³-hybridized carbons (Fsp3) is 1.00. The molecule has 1 N–H and O–H groups in total. The van der Waals surface area contributed by atoms with Crippen LogP contribution in [-0.4, -0.2) is 11.2 Å². The number of aliphatic hydroxyl groups is 1. The lowest BCUT2D eigenvalue weighted by Crippen LogP contribution is -2.21. The van der Waals surface area contributed by atoms with E-state index in [2.05, 4.69) is 6.92 Å². The van der Waals surface area contributed by atoms with Crippen LogP contribution in [0.15, 0.2) is 0 Å². The predicted molar refractivity (Wildman–Crippen MR) is 56.7 cm³/mol. The Bertz CT molecular complexity index is 114. The van der Waals surface area contributed by atoms with E-state index in [9.17, 15) is 5.11 Å². The fourth-order valence-corrected chi connectivity index (χ4v) is 2.40. The smallest absolute Gasteiger partial charge is 0.0568 e. The summed E-state index contributed by atoms with van der Waals surface area (Å²) in [4.78, 5) is 0. The molecule has 0 aromatic rings. The third-order valence-corrected chi connectivity index (χ3v) is 3.28. The highest BCUT2D eigenvalue weighted by atomic mass is 16.3. The number of rotatable bonds is 3. The van der Waals surface area contributed by atoms with Gasteiger partial charge in [-0.3, -0.25) is 0 Å². The van der Waals surface area contributed by atoms with Gasteiger partial charge in [0, 0.05) is 0 Å². The summed E-state index contributed by atoms with van der Waals surface area (Å²) in [5, 5.41) is 9.89. The van der Waals surface area contributed by atoms with E-state index in [-0.39, 0.29) is 6.10 Å². The first-order chi connectivity index (χ1) is 6.34. The first-order valence-electron chi connectivity index (χ1n) is 6.02. The standard InChI is InChI=1S/C12H24O/c1-2-8-12(13)11-9-6-4-3-5-7-10-11/h11-13H,2-10H2,1H3/t12-/m1/s1. The fourth-order valence-electron chi connectivity index (χ4n) is 2.40. The first-order valence-corrected chi connectivity index (χ1v) is 6.02.